The molecular formula is C12H11N3O4. The molecule has 0 saturated heterocycles. The first-order valence-corrected chi connectivity index (χ1v) is 5.53. The van der Waals surface area contributed by atoms with Gasteiger partial charge in [0, 0.05) is 6.20 Å². The number of imidazole rings is 1. The third-order valence-corrected chi connectivity index (χ3v) is 2.54. The number of nitrogens with zero attached hydrogens (tertiary/aromatic N) is 3. The van der Waals surface area contributed by atoms with Crippen LogP contribution in [0.15, 0.2) is 24.7 Å². The lowest BCUT2D eigenvalue weighted by Crippen LogP contribution is -2.09. The third-order valence-electron chi connectivity index (χ3n) is 2.54. The maximum absolute atomic E-state index is 10.9. The van der Waals surface area contributed by atoms with E-state index in [9.17, 15) is 9.59 Å². The molecule has 0 radical (unpaired) electrons. The number of aromatic nitrogens is 3. The normalized spacial score (nSPS) is 10.4. The minimum Gasteiger partial charge on any atom is -0.477 e. The van der Waals surface area contributed by atoms with E-state index in [1.807, 2.05) is 6.92 Å². The molecule has 2 aromatic rings. The fraction of sp³-hybridized carbons (Fsp3) is 0.167. The number of rotatable bonds is 4. The molecule has 0 atom stereocenters. The summed E-state index contributed by atoms with van der Waals surface area (Å²) in [6.45, 7) is 1.94. The Bertz CT molecular complexity index is 616. The van der Waals surface area contributed by atoms with Crippen LogP contribution < -0.4 is 0 Å². The van der Waals surface area contributed by atoms with Crippen molar-refractivity contribution in [1.82, 2.24) is 14.5 Å². The molecule has 2 rings (SSSR count). The molecule has 19 heavy (non-hydrogen) atoms. The van der Waals surface area contributed by atoms with Gasteiger partial charge in [-0.15, -0.1) is 0 Å². The summed E-state index contributed by atoms with van der Waals surface area (Å²) in [4.78, 5) is 29.5. The van der Waals surface area contributed by atoms with Crippen molar-refractivity contribution in [2.45, 2.75) is 13.3 Å². The number of carboxylic acid groups (broad SMARTS) is 2. The van der Waals surface area contributed by atoms with Crippen LogP contribution in [0.3, 0.4) is 0 Å². The van der Waals surface area contributed by atoms with Gasteiger partial charge in [-0.3, -0.25) is 0 Å². The minimum absolute atomic E-state index is 0.318. The van der Waals surface area contributed by atoms with E-state index in [1.54, 1.807) is 10.8 Å². The standard InChI is InChI=1S/C12H11N3O4/c1-2-7-5-15(6-13-7)8-3-9(11(16)17)14-10(4-8)12(18)19/h3-6H,2H2,1H3,(H,16,17)(H,18,19). The molecule has 0 aliphatic rings. The SMILES string of the molecule is CCc1cn(-c2cc(C(=O)O)nc(C(=O)O)c2)cn1. The Hall–Kier alpha value is -2.70. The molecule has 7 heteroatoms. The Morgan fingerprint density at radius 3 is 2.21 bits per heavy atom. The minimum atomic E-state index is -1.28. The predicted octanol–water partition coefficient (Wildman–Crippen LogP) is 1.23. The van der Waals surface area contributed by atoms with E-state index in [1.165, 1.54) is 18.5 Å². The predicted molar refractivity (Wildman–Crippen MR) is 64.7 cm³/mol. The van der Waals surface area contributed by atoms with Gasteiger partial charge in [0.05, 0.1) is 17.7 Å². The molecule has 98 valence electrons. The van der Waals surface area contributed by atoms with Crippen molar-refractivity contribution in [3.63, 3.8) is 0 Å². The number of aromatic carboxylic acids is 2. The van der Waals surface area contributed by atoms with Gasteiger partial charge in [-0.25, -0.2) is 19.6 Å². The quantitative estimate of drug-likeness (QED) is 0.857. The molecule has 0 aromatic carbocycles. The Morgan fingerprint density at radius 1 is 1.21 bits per heavy atom. The number of carboxylic acids is 2. The first kappa shape index (κ1) is 12.7. The van der Waals surface area contributed by atoms with Gasteiger partial charge >= 0.3 is 11.9 Å². The second-order valence-corrected chi connectivity index (χ2v) is 3.83. The Kier molecular flexibility index (Phi) is 3.28. The molecule has 0 spiro atoms. The van der Waals surface area contributed by atoms with Gasteiger partial charge in [-0.2, -0.15) is 0 Å². The average Bonchev–Trinajstić information content (AvgIpc) is 2.86. The van der Waals surface area contributed by atoms with Crippen LogP contribution in [-0.2, 0) is 6.42 Å². The van der Waals surface area contributed by atoms with Gasteiger partial charge in [0.15, 0.2) is 11.4 Å². The highest BCUT2D eigenvalue weighted by atomic mass is 16.4. The van der Waals surface area contributed by atoms with Crippen molar-refractivity contribution in [1.29, 1.82) is 0 Å². The van der Waals surface area contributed by atoms with Crippen LogP contribution in [0, 0.1) is 0 Å². The van der Waals surface area contributed by atoms with Crippen LogP contribution in [0.25, 0.3) is 5.69 Å². The van der Waals surface area contributed by atoms with Gasteiger partial charge in [-0.1, -0.05) is 6.92 Å². The molecular weight excluding hydrogens is 250 g/mol. The summed E-state index contributed by atoms with van der Waals surface area (Å²) in [6.07, 6.45) is 3.95. The molecule has 2 heterocycles. The summed E-state index contributed by atoms with van der Waals surface area (Å²) in [5.41, 5.74) is 0.589. The fourth-order valence-corrected chi connectivity index (χ4v) is 1.57. The van der Waals surface area contributed by atoms with Crippen molar-refractivity contribution in [3.8, 4) is 5.69 Å². The van der Waals surface area contributed by atoms with E-state index in [0.717, 1.165) is 12.1 Å². The first-order valence-electron chi connectivity index (χ1n) is 5.53. The fourth-order valence-electron chi connectivity index (χ4n) is 1.57. The van der Waals surface area contributed by atoms with Crippen molar-refractivity contribution in [3.05, 3.63) is 41.7 Å². The molecule has 0 unspecified atom stereocenters. The summed E-state index contributed by atoms with van der Waals surface area (Å²) >= 11 is 0. The average molecular weight is 261 g/mol. The van der Waals surface area contributed by atoms with Crippen LogP contribution in [0.2, 0.25) is 0 Å². The zero-order valence-corrected chi connectivity index (χ0v) is 10.1. The van der Waals surface area contributed by atoms with Crippen molar-refractivity contribution >= 4 is 11.9 Å². The van der Waals surface area contributed by atoms with Gasteiger partial charge < -0.3 is 14.8 Å². The molecule has 2 aromatic heterocycles. The molecule has 7 nitrogen and oxygen atoms in total. The Morgan fingerprint density at radius 2 is 1.79 bits per heavy atom. The van der Waals surface area contributed by atoms with Crippen molar-refractivity contribution in [2.75, 3.05) is 0 Å². The van der Waals surface area contributed by atoms with Crippen molar-refractivity contribution in [2.24, 2.45) is 0 Å². The lowest BCUT2D eigenvalue weighted by Gasteiger charge is -2.05. The highest BCUT2D eigenvalue weighted by molar-refractivity contribution is 5.90. The van der Waals surface area contributed by atoms with Crippen molar-refractivity contribution < 1.29 is 19.8 Å². The second kappa shape index (κ2) is 4.89. The maximum Gasteiger partial charge on any atom is 0.354 e. The van der Waals surface area contributed by atoms with Gasteiger partial charge in [0.25, 0.3) is 0 Å². The lowest BCUT2D eigenvalue weighted by atomic mass is 10.2. The highest BCUT2D eigenvalue weighted by Gasteiger charge is 2.14. The zero-order valence-electron chi connectivity index (χ0n) is 10.1. The summed E-state index contributed by atoms with van der Waals surface area (Å²) in [5.74, 6) is -2.56. The lowest BCUT2D eigenvalue weighted by molar-refractivity contribution is 0.0685. The van der Waals surface area contributed by atoms with Crippen LogP contribution in [0.5, 0.6) is 0 Å². The monoisotopic (exact) mass is 261 g/mol. The first-order chi connectivity index (χ1) is 9.01. The van der Waals surface area contributed by atoms with Gasteiger partial charge in [0.1, 0.15) is 0 Å². The molecule has 0 aliphatic carbocycles. The maximum atomic E-state index is 10.9. The molecule has 0 saturated carbocycles. The van der Waals surface area contributed by atoms with E-state index in [2.05, 4.69) is 9.97 Å². The summed E-state index contributed by atoms with van der Waals surface area (Å²) < 4.78 is 1.57. The molecule has 0 bridgehead atoms. The van der Waals surface area contributed by atoms with Crippen LogP contribution in [0.4, 0.5) is 0 Å². The van der Waals surface area contributed by atoms with Gasteiger partial charge in [0.2, 0.25) is 0 Å². The van der Waals surface area contributed by atoms with Crippen LogP contribution in [-0.4, -0.2) is 36.7 Å². The third kappa shape index (κ3) is 2.59. The summed E-state index contributed by atoms with van der Waals surface area (Å²) in [5, 5.41) is 17.9. The van der Waals surface area contributed by atoms with E-state index < -0.39 is 11.9 Å². The number of pyridine rings is 1. The number of hydrogen-bond donors (Lipinski definition) is 2. The van der Waals surface area contributed by atoms with Crippen LogP contribution in [0.1, 0.15) is 33.6 Å². The van der Waals surface area contributed by atoms with Crippen LogP contribution >= 0.6 is 0 Å². The van der Waals surface area contributed by atoms with E-state index >= 15 is 0 Å². The second-order valence-electron chi connectivity index (χ2n) is 3.83. The van der Waals surface area contributed by atoms with E-state index in [-0.39, 0.29) is 11.4 Å². The summed E-state index contributed by atoms with van der Waals surface area (Å²) in [7, 11) is 0. The number of aryl methyl sites for hydroxylation is 1. The zero-order chi connectivity index (χ0) is 14.0. The Labute approximate surface area is 108 Å². The smallest absolute Gasteiger partial charge is 0.354 e. The molecule has 0 fully saturated rings. The Balaban J connectivity index is 2.55. The molecule has 0 amide bonds. The van der Waals surface area contributed by atoms with E-state index in [0.29, 0.717) is 5.69 Å². The van der Waals surface area contributed by atoms with Gasteiger partial charge in [-0.05, 0) is 18.6 Å². The highest BCUT2D eigenvalue weighted by Crippen LogP contribution is 2.13. The topological polar surface area (TPSA) is 105 Å². The number of hydrogen-bond acceptors (Lipinski definition) is 4. The number of carbonyl (C=O) groups is 2. The molecule has 2 N–H and O–H groups in total. The van der Waals surface area contributed by atoms with E-state index in [4.69, 9.17) is 10.2 Å². The molecule has 0 aliphatic heterocycles. The summed E-state index contributed by atoms with van der Waals surface area (Å²) in [6, 6.07) is 2.60. The largest absolute Gasteiger partial charge is 0.477 e.